The van der Waals surface area contributed by atoms with E-state index in [1.165, 1.54) is 79.3 Å². The molecule has 460 valence electrons. The molecule has 33 heteroatoms. The largest absolute Gasteiger partial charge is 0.506 e. The van der Waals surface area contributed by atoms with E-state index in [1.54, 1.807) is 30.8 Å². The Morgan fingerprint density at radius 3 is 1.32 bits per heavy atom. The van der Waals surface area contributed by atoms with Gasteiger partial charge in [-0.3, -0.25) is 39.3 Å². The van der Waals surface area contributed by atoms with Crippen molar-refractivity contribution < 1.29 is 83.8 Å². The van der Waals surface area contributed by atoms with Gasteiger partial charge in [0.05, 0.1) is 53.0 Å². The number of pyridine rings is 3. The van der Waals surface area contributed by atoms with Gasteiger partial charge in [-0.25, -0.2) is 50.0 Å². The van der Waals surface area contributed by atoms with Crippen molar-refractivity contribution in [2.45, 2.75) is 13.2 Å². The standard InChI is InChI=1S/C22H19F2N4O5P.C11H7F2NO.C11H13FN3O4P.C6H5BF2O2.C5H4BrNO/c23-16-2-4-18(19(24)12-16)20-5-3-17(13-25-20)33-22-11-15(1-6-21(22)28(29)30)14-32-34(31,26-7-8-26)27-9-10-27;12-7-1-3-9(10(13)5-7)11-4-2-8(15)6-14-11;12-10-7-9(1-2-11(10)15(16)17)8-19-20(18,13-3-4-13)14-5-6-14;8-4-1-2-5(7(10)11)6(9)3-4;6-5-2-1-4(8)3-7-5/h1-6,11-13H,7-10,14H2;1-6,15H;1-2,7H,3-6,8H2;1-3,10-11H;1-3,8H. The molecule has 0 atom stereocenters. The van der Waals surface area contributed by atoms with Crippen molar-refractivity contribution in [2.24, 2.45) is 0 Å². The number of nitro groups is 2. The molecule has 0 spiro atoms. The maximum absolute atomic E-state index is 14.0. The minimum Gasteiger partial charge on any atom is -0.506 e. The fraction of sp³-hybridized carbons (Fsp3) is 0.182. The van der Waals surface area contributed by atoms with E-state index >= 15 is 0 Å². The molecule has 4 aliphatic rings. The molecule has 7 heterocycles. The van der Waals surface area contributed by atoms with Gasteiger partial charge in [-0.05, 0) is 118 Å². The quantitative estimate of drug-likeness (QED) is 0.0125. The van der Waals surface area contributed by atoms with Crippen LogP contribution in [0.4, 0.5) is 42.1 Å². The molecular weight excluding hydrogens is 1280 g/mol. The Balaban J connectivity index is 0.000000157. The Bertz CT molecular complexity index is 3840. The number of hydrogen-bond acceptors (Lipinski definition) is 16. The Labute approximate surface area is 504 Å². The molecule has 0 bridgehead atoms. The van der Waals surface area contributed by atoms with Gasteiger partial charge >= 0.3 is 33.8 Å². The van der Waals surface area contributed by atoms with Crippen LogP contribution in [-0.4, -0.2) is 123 Å². The Kier molecular flexibility index (Phi) is 21.9. The highest BCUT2D eigenvalue weighted by atomic mass is 79.9. The van der Waals surface area contributed by atoms with Crippen LogP contribution in [0.1, 0.15) is 11.1 Å². The first-order chi connectivity index (χ1) is 41.9. The van der Waals surface area contributed by atoms with Crippen molar-refractivity contribution in [3.8, 4) is 45.5 Å². The first kappa shape index (κ1) is 65.9. The summed E-state index contributed by atoms with van der Waals surface area (Å²) in [5, 5.41) is 56.7. The number of nitro benzene ring substituents is 2. The number of ether oxygens (including phenoxy) is 1. The van der Waals surface area contributed by atoms with Crippen molar-refractivity contribution in [2.75, 3.05) is 52.4 Å². The van der Waals surface area contributed by atoms with Crippen molar-refractivity contribution in [1.82, 2.24) is 33.6 Å². The van der Waals surface area contributed by atoms with Crippen molar-refractivity contribution in [3.63, 3.8) is 0 Å². The van der Waals surface area contributed by atoms with Crippen LogP contribution in [0.2, 0.25) is 0 Å². The number of hydrogen-bond donors (Lipinski definition) is 4. The first-order valence-electron chi connectivity index (χ1n) is 25.9. The predicted molar refractivity (Wildman–Crippen MR) is 308 cm³/mol. The average Bonchev–Trinajstić information content (AvgIpc) is 3.02. The summed E-state index contributed by atoms with van der Waals surface area (Å²) in [6.07, 6.45) is 3.88. The maximum Gasteiger partial charge on any atom is 0.491 e. The monoisotopic (exact) mass is 1330 g/mol. The number of nitrogens with zero attached hydrogens (tertiary/aromatic N) is 9. The smallest absolute Gasteiger partial charge is 0.491 e. The summed E-state index contributed by atoms with van der Waals surface area (Å²) in [5.74, 6) is -5.04. The van der Waals surface area contributed by atoms with Crippen LogP contribution in [0.25, 0.3) is 22.5 Å². The zero-order valence-corrected chi connectivity index (χ0v) is 48.8. The molecule has 8 aromatic rings. The lowest BCUT2D eigenvalue weighted by Crippen LogP contribution is -2.32. The second kappa shape index (κ2) is 29.3. The minimum atomic E-state index is -3.03. The van der Waals surface area contributed by atoms with Gasteiger partial charge in [0.1, 0.15) is 56.8 Å². The van der Waals surface area contributed by atoms with Crippen LogP contribution in [0.5, 0.6) is 23.0 Å². The van der Waals surface area contributed by atoms with Crippen LogP contribution in [-0.2, 0) is 31.4 Å². The molecule has 88 heavy (non-hydrogen) atoms. The van der Waals surface area contributed by atoms with E-state index in [1.807, 2.05) is 0 Å². The van der Waals surface area contributed by atoms with Crippen molar-refractivity contribution in [3.05, 3.63) is 223 Å². The molecule has 4 fully saturated rings. The summed E-state index contributed by atoms with van der Waals surface area (Å²) in [4.78, 5) is 32.3. The van der Waals surface area contributed by atoms with E-state index in [0.717, 1.165) is 79.3 Å². The lowest BCUT2D eigenvalue weighted by Gasteiger charge is -2.19. The van der Waals surface area contributed by atoms with Gasteiger partial charge < -0.3 is 34.0 Å². The van der Waals surface area contributed by atoms with E-state index in [9.17, 15) is 60.1 Å². The van der Waals surface area contributed by atoms with Crippen LogP contribution < -0.4 is 10.2 Å². The SMILES string of the molecule is O=[N+]([O-])c1ccc(COP(=O)(N2CC2)N2CC2)cc1F.O=[N+]([O-])c1ccc(COP(=O)(N2CC2)N2CC2)cc1Oc1ccc(-c2ccc(F)cc2F)nc1.OB(O)c1ccc(F)cc1F.Oc1ccc(-c2ccc(F)cc2F)nc1.Oc1ccc(Br)nc1. The molecule has 0 aliphatic carbocycles. The minimum absolute atomic E-state index is 0.000334. The highest BCUT2D eigenvalue weighted by Gasteiger charge is 2.50. The summed E-state index contributed by atoms with van der Waals surface area (Å²) in [7, 11) is -7.87. The zero-order valence-electron chi connectivity index (χ0n) is 45.4. The van der Waals surface area contributed by atoms with Crippen LogP contribution in [0.15, 0.2) is 151 Å². The number of rotatable bonds is 17. The third-order valence-electron chi connectivity index (χ3n) is 12.4. The van der Waals surface area contributed by atoms with Gasteiger partial charge in [-0.15, -0.1) is 0 Å². The first-order valence-corrected chi connectivity index (χ1v) is 29.8. The second-order valence-electron chi connectivity index (χ2n) is 19.0. The zero-order chi connectivity index (χ0) is 63.5. The number of aromatic nitrogens is 3. The molecule has 5 aromatic carbocycles. The van der Waals surface area contributed by atoms with Crippen molar-refractivity contribution in [1.29, 1.82) is 0 Å². The maximum atomic E-state index is 14.0. The molecule has 0 saturated carbocycles. The van der Waals surface area contributed by atoms with E-state index in [0.29, 0.717) is 49.1 Å². The lowest BCUT2D eigenvalue weighted by atomic mass is 9.80. The van der Waals surface area contributed by atoms with E-state index in [4.69, 9.17) is 34.0 Å². The molecule has 22 nitrogen and oxygen atoms in total. The average molecular weight is 1330 g/mol. The second-order valence-corrected chi connectivity index (χ2v) is 24.5. The summed E-state index contributed by atoms with van der Waals surface area (Å²) < 4.78 is 142. The van der Waals surface area contributed by atoms with E-state index in [-0.39, 0.29) is 64.2 Å². The van der Waals surface area contributed by atoms with E-state index < -0.39 is 78.7 Å². The molecule has 0 amide bonds. The summed E-state index contributed by atoms with van der Waals surface area (Å²) in [6, 6.07) is 25.8. The molecule has 3 aromatic heterocycles. The molecule has 4 N–H and O–H groups in total. The molecule has 12 rings (SSSR count). The lowest BCUT2D eigenvalue weighted by molar-refractivity contribution is -0.387. The summed E-state index contributed by atoms with van der Waals surface area (Å²) in [6.45, 7) is 5.79. The number of aromatic hydroxyl groups is 2. The Morgan fingerprint density at radius 1 is 0.511 bits per heavy atom. The van der Waals surface area contributed by atoms with Gasteiger partial charge in [-0.1, -0.05) is 6.07 Å². The topological polar surface area (TPSA) is 280 Å². The van der Waals surface area contributed by atoms with Gasteiger partial charge in [0.25, 0.3) is 0 Å². The summed E-state index contributed by atoms with van der Waals surface area (Å²) >= 11 is 3.12. The third kappa shape index (κ3) is 18.3. The molecular formula is C55H48BBrF7N9O13P2. The van der Waals surface area contributed by atoms with Crippen molar-refractivity contribution >= 4 is 55.2 Å². The van der Waals surface area contributed by atoms with Gasteiger partial charge in [0.2, 0.25) is 11.6 Å². The van der Waals surface area contributed by atoms with E-state index in [2.05, 4.69) is 30.9 Å². The summed E-state index contributed by atoms with van der Waals surface area (Å²) in [5.41, 5.74) is 0.738. The number of benzene rings is 5. The predicted octanol–water partition coefficient (Wildman–Crippen LogP) is 10.9. The van der Waals surface area contributed by atoms with Gasteiger partial charge in [0, 0.05) is 99.3 Å². The highest BCUT2D eigenvalue weighted by molar-refractivity contribution is 9.10. The molecule has 4 aliphatic heterocycles. The highest BCUT2D eigenvalue weighted by Crippen LogP contribution is 2.62. The molecule has 4 saturated heterocycles. The molecule has 0 unspecified atom stereocenters. The number of halogens is 8. The van der Waals surface area contributed by atoms with Crippen LogP contribution in [0.3, 0.4) is 0 Å². The van der Waals surface area contributed by atoms with Crippen LogP contribution >= 0.6 is 31.3 Å². The third-order valence-corrected chi connectivity index (χ3v) is 18.3. The molecule has 0 radical (unpaired) electrons. The van der Waals surface area contributed by atoms with Crippen LogP contribution in [0, 0.1) is 60.9 Å². The van der Waals surface area contributed by atoms with Gasteiger partial charge in [0.15, 0.2) is 0 Å². The Morgan fingerprint density at radius 2 is 0.943 bits per heavy atom. The fourth-order valence-electron chi connectivity index (χ4n) is 7.61. The Hall–Kier alpha value is -8.06. The normalized spacial score (nSPS) is 14.2. The van der Waals surface area contributed by atoms with Gasteiger partial charge in [-0.2, -0.15) is 4.39 Å². The fourth-order valence-corrected chi connectivity index (χ4v) is 12.2.